The molecule has 7 aliphatic rings. The van der Waals surface area contributed by atoms with Crippen LogP contribution in [0.3, 0.4) is 0 Å². The molecule has 2 heterocycles. The summed E-state index contributed by atoms with van der Waals surface area (Å²) < 4.78 is 31.0. The molecule has 0 bridgehead atoms. The van der Waals surface area contributed by atoms with Crippen molar-refractivity contribution in [3.05, 3.63) is 0 Å². The van der Waals surface area contributed by atoms with Gasteiger partial charge in [0.05, 0.1) is 37.1 Å². The van der Waals surface area contributed by atoms with Crippen molar-refractivity contribution in [2.24, 2.45) is 50.7 Å². The molecule has 0 amide bonds. The Balaban J connectivity index is 1.21. The Hall–Kier alpha value is -1.01. The average Bonchev–Trinajstić information content (AvgIpc) is 3.70. The number of aliphatic hydroxyl groups is 8. The zero-order valence-electron chi connectivity index (χ0n) is 35.3. The highest BCUT2D eigenvalue weighted by atomic mass is 16.7. The lowest BCUT2D eigenvalue weighted by atomic mass is 9.41. The van der Waals surface area contributed by atoms with Crippen LogP contribution in [0.4, 0.5) is 0 Å². The summed E-state index contributed by atoms with van der Waals surface area (Å²) in [5.41, 5.74) is -1.88. The van der Waals surface area contributed by atoms with Crippen LogP contribution in [0.25, 0.3) is 0 Å². The topological polar surface area (TPSA) is 225 Å². The highest BCUT2D eigenvalue weighted by Crippen LogP contribution is 2.89. The second-order valence-corrected chi connectivity index (χ2v) is 21.1. The first kappa shape index (κ1) is 44.1. The van der Waals surface area contributed by atoms with Crippen LogP contribution in [0, 0.1) is 50.7 Å². The van der Waals surface area contributed by atoms with Crippen LogP contribution in [-0.2, 0) is 28.5 Å². The van der Waals surface area contributed by atoms with Crippen LogP contribution < -0.4 is 0 Å². The zero-order valence-corrected chi connectivity index (χ0v) is 35.3. The van der Waals surface area contributed by atoms with Gasteiger partial charge in [-0.3, -0.25) is 4.79 Å². The fourth-order valence-corrected chi connectivity index (χ4v) is 14.4. The van der Waals surface area contributed by atoms with Crippen LogP contribution in [0.2, 0.25) is 0 Å². The first-order valence-corrected chi connectivity index (χ1v) is 21.7. The van der Waals surface area contributed by atoms with Gasteiger partial charge < -0.3 is 64.5 Å². The molecule has 7 rings (SSSR count). The molecule has 14 heteroatoms. The summed E-state index contributed by atoms with van der Waals surface area (Å²) in [7, 11) is 0. The van der Waals surface area contributed by atoms with Crippen LogP contribution in [0.5, 0.6) is 0 Å². The highest BCUT2D eigenvalue weighted by Gasteiger charge is 2.84. The van der Waals surface area contributed by atoms with Crippen molar-refractivity contribution in [3.63, 3.8) is 0 Å². The van der Waals surface area contributed by atoms with Crippen molar-refractivity contribution in [1.82, 2.24) is 0 Å². The molecule has 5 aliphatic carbocycles. The van der Waals surface area contributed by atoms with E-state index in [9.17, 15) is 45.6 Å². The van der Waals surface area contributed by atoms with E-state index in [-0.39, 0.29) is 40.1 Å². The van der Waals surface area contributed by atoms with Crippen LogP contribution in [0.1, 0.15) is 120 Å². The minimum Gasteiger partial charge on any atom is -0.454 e. The van der Waals surface area contributed by atoms with Crippen LogP contribution in [-0.4, -0.2) is 139 Å². The lowest BCUT2D eigenvalue weighted by Gasteiger charge is -2.65. The molecule has 20 atom stereocenters. The molecule has 57 heavy (non-hydrogen) atoms. The van der Waals surface area contributed by atoms with Gasteiger partial charge in [0.15, 0.2) is 18.7 Å². The molecule has 328 valence electrons. The summed E-state index contributed by atoms with van der Waals surface area (Å²) in [6.45, 7) is 15.3. The van der Waals surface area contributed by atoms with Gasteiger partial charge in [0.2, 0.25) is 0 Å². The standard InChI is InChI=1S/C43H72O14/c1-21(9-10-28(47)39(5,6)52)23-11-13-41(8)27-17-25(55-36-33(51)32(50)31(49)26(18-44)56-36)35-38(3,4)29(12-14-43(35)20-42(27,43)16-15-40(23,41)7)57-37-34(54-22(2)45)30(48)24(46)19-53-37/h21,23-37,44,46-52H,9-20H2,1-8H3. The minimum absolute atomic E-state index is 0.0115. The number of carbonyl (C=O) groups is 1. The molecule has 5 saturated carbocycles. The predicted octanol–water partition coefficient (Wildman–Crippen LogP) is 2.16. The summed E-state index contributed by atoms with van der Waals surface area (Å²) in [5, 5.41) is 85.1. The van der Waals surface area contributed by atoms with E-state index < -0.39 is 97.2 Å². The summed E-state index contributed by atoms with van der Waals surface area (Å²) in [5.74, 6) is 0.297. The second kappa shape index (κ2) is 15.1. The number of fused-ring (bicyclic) bond motifs is 2. The first-order chi connectivity index (χ1) is 26.5. The number of carbonyl (C=O) groups excluding carboxylic acids is 1. The lowest BCUT2D eigenvalue weighted by Crippen LogP contribution is -2.65. The Morgan fingerprint density at radius 2 is 1.56 bits per heavy atom. The molecule has 0 radical (unpaired) electrons. The van der Waals surface area contributed by atoms with E-state index in [0.29, 0.717) is 31.1 Å². The number of hydrogen-bond donors (Lipinski definition) is 8. The quantitative estimate of drug-likeness (QED) is 0.111. The van der Waals surface area contributed by atoms with E-state index in [4.69, 9.17) is 23.7 Å². The normalized spacial score (nSPS) is 51.4. The molecule has 0 aromatic heterocycles. The second-order valence-electron chi connectivity index (χ2n) is 21.1. The third-order valence-corrected chi connectivity index (χ3v) is 17.6. The Kier molecular flexibility index (Phi) is 11.7. The fourth-order valence-electron chi connectivity index (χ4n) is 14.4. The summed E-state index contributed by atoms with van der Waals surface area (Å²) in [6, 6.07) is 0. The van der Waals surface area contributed by atoms with Gasteiger partial charge in [0.1, 0.15) is 36.6 Å². The van der Waals surface area contributed by atoms with Gasteiger partial charge in [0, 0.05) is 6.92 Å². The van der Waals surface area contributed by atoms with Gasteiger partial charge in [0.25, 0.3) is 0 Å². The van der Waals surface area contributed by atoms with E-state index >= 15 is 0 Å². The zero-order chi connectivity index (χ0) is 41.8. The SMILES string of the molecule is CC(=O)OC1C(OC2CCC34CC35CCC3(C)C(C(C)CCC(O)C(C)(C)O)CCC3(C)C5CC(OC3OC(CO)C(O)C(O)C3O)C4C2(C)C)OCC(O)C1O. The molecule has 2 aliphatic heterocycles. The van der Waals surface area contributed by atoms with Gasteiger partial charge in [-0.15, -0.1) is 0 Å². The summed E-state index contributed by atoms with van der Waals surface area (Å²) in [4.78, 5) is 12.1. The maximum absolute atomic E-state index is 12.1. The predicted molar refractivity (Wildman–Crippen MR) is 204 cm³/mol. The van der Waals surface area contributed by atoms with E-state index in [1.165, 1.54) is 6.92 Å². The minimum atomic E-state index is -1.58. The van der Waals surface area contributed by atoms with E-state index in [0.717, 1.165) is 44.9 Å². The van der Waals surface area contributed by atoms with Gasteiger partial charge in [-0.05, 0) is 129 Å². The Labute approximate surface area is 337 Å². The lowest BCUT2D eigenvalue weighted by molar-refractivity contribution is -0.339. The maximum Gasteiger partial charge on any atom is 0.303 e. The number of rotatable bonds is 11. The Morgan fingerprint density at radius 3 is 2.21 bits per heavy atom. The monoisotopic (exact) mass is 812 g/mol. The largest absolute Gasteiger partial charge is 0.454 e. The smallest absolute Gasteiger partial charge is 0.303 e. The van der Waals surface area contributed by atoms with E-state index in [2.05, 4.69) is 34.6 Å². The molecular weight excluding hydrogens is 740 g/mol. The average molecular weight is 813 g/mol. The molecule has 2 spiro atoms. The summed E-state index contributed by atoms with van der Waals surface area (Å²) >= 11 is 0. The highest BCUT2D eigenvalue weighted by molar-refractivity contribution is 5.66. The molecule has 7 fully saturated rings. The first-order valence-electron chi connectivity index (χ1n) is 21.7. The van der Waals surface area contributed by atoms with Crippen molar-refractivity contribution in [2.45, 2.75) is 199 Å². The number of ether oxygens (including phenoxy) is 5. The molecule has 20 unspecified atom stereocenters. The third-order valence-electron chi connectivity index (χ3n) is 17.6. The third kappa shape index (κ3) is 6.86. The van der Waals surface area contributed by atoms with Crippen molar-refractivity contribution in [3.8, 4) is 0 Å². The van der Waals surface area contributed by atoms with Crippen molar-refractivity contribution >= 4 is 5.97 Å². The van der Waals surface area contributed by atoms with Gasteiger partial charge in [-0.1, -0.05) is 34.6 Å². The van der Waals surface area contributed by atoms with Gasteiger partial charge >= 0.3 is 5.97 Å². The Morgan fingerprint density at radius 1 is 0.860 bits per heavy atom. The van der Waals surface area contributed by atoms with Crippen molar-refractivity contribution < 1.29 is 69.3 Å². The van der Waals surface area contributed by atoms with Crippen molar-refractivity contribution in [1.29, 1.82) is 0 Å². The molecule has 0 aromatic rings. The fraction of sp³-hybridized carbons (Fsp3) is 0.977. The van der Waals surface area contributed by atoms with Crippen molar-refractivity contribution in [2.75, 3.05) is 13.2 Å². The van der Waals surface area contributed by atoms with Crippen LogP contribution >= 0.6 is 0 Å². The maximum atomic E-state index is 12.1. The molecule has 2 saturated heterocycles. The molecular formula is C43H72O14. The van der Waals surface area contributed by atoms with Gasteiger partial charge in [-0.25, -0.2) is 0 Å². The summed E-state index contributed by atoms with van der Waals surface area (Å²) in [6.07, 6.45) is -4.96. The number of aliphatic hydroxyl groups excluding tert-OH is 7. The van der Waals surface area contributed by atoms with E-state index in [1.54, 1.807) is 13.8 Å². The van der Waals surface area contributed by atoms with Crippen LogP contribution in [0.15, 0.2) is 0 Å². The van der Waals surface area contributed by atoms with E-state index in [1.807, 2.05) is 0 Å². The molecule has 8 N–H and O–H groups in total. The molecule has 14 nitrogen and oxygen atoms in total. The molecule has 0 aromatic carbocycles. The Bertz CT molecular complexity index is 1470. The number of esters is 1. The number of hydrogen-bond acceptors (Lipinski definition) is 14. The van der Waals surface area contributed by atoms with Gasteiger partial charge in [-0.2, -0.15) is 0 Å².